The Labute approximate surface area is 119 Å². The van der Waals surface area contributed by atoms with Crippen LogP contribution in [0.1, 0.15) is 16.1 Å². The van der Waals surface area contributed by atoms with Gasteiger partial charge in [-0.1, -0.05) is 12.1 Å². The minimum atomic E-state index is -1.19. The quantitative estimate of drug-likeness (QED) is 0.644. The zero-order valence-electron chi connectivity index (χ0n) is 10.8. The van der Waals surface area contributed by atoms with Crippen molar-refractivity contribution >= 4 is 12.2 Å². The lowest BCUT2D eigenvalue weighted by molar-refractivity contribution is -0.255. The molecule has 0 aliphatic carbocycles. The largest absolute Gasteiger partial charge is 0.545 e. The molecule has 2 aromatic heterocycles. The fourth-order valence-electron chi connectivity index (χ4n) is 1.87. The number of carbonyl (C=O) groups excluding carboxylic acids is 1. The predicted molar refractivity (Wildman–Crippen MR) is 73.1 cm³/mol. The van der Waals surface area contributed by atoms with E-state index in [2.05, 4.69) is 15.3 Å². The average Bonchev–Trinajstić information content (AvgIpc) is 3.16. The van der Waals surface area contributed by atoms with Crippen LogP contribution in [-0.2, 0) is 0 Å². The average molecular weight is 280 g/mol. The highest BCUT2D eigenvalue weighted by molar-refractivity contribution is 5.86. The van der Waals surface area contributed by atoms with Crippen LogP contribution >= 0.6 is 0 Å². The molecule has 0 radical (unpaired) electrons. The molecule has 0 spiro atoms. The van der Waals surface area contributed by atoms with E-state index in [1.165, 1.54) is 29.5 Å². The number of aromatic carboxylic acids is 1. The summed E-state index contributed by atoms with van der Waals surface area (Å²) in [6.07, 6.45) is 6.49. The number of benzene rings is 1. The third kappa shape index (κ3) is 2.71. The number of carboxylic acids is 1. The maximum Gasteiger partial charge on any atom is 0.141 e. The third-order valence-electron chi connectivity index (χ3n) is 2.89. The maximum absolute atomic E-state index is 10.7. The molecule has 7 nitrogen and oxygen atoms in total. The highest BCUT2D eigenvalue weighted by Gasteiger charge is 2.02. The van der Waals surface area contributed by atoms with Gasteiger partial charge in [-0.2, -0.15) is 5.10 Å². The SMILES string of the molecule is O=C([O-])c1ccc(-n2cccc2/C=N\n2cnnc2)cc1. The van der Waals surface area contributed by atoms with E-state index in [1.54, 1.807) is 18.3 Å². The van der Waals surface area contributed by atoms with Crippen molar-refractivity contribution in [3.8, 4) is 5.69 Å². The van der Waals surface area contributed by atoms with Crippen molar-refractivity contribution in [2.75, 3.05) is 0 Å². The normalized spacial score (nSPS) is 11.0. The molecule has 3 aromatic rings. The van der Waals surface area contributed by atoms with Crippen LogP contribution in [0.15, 0.2) is 60.4 Å². The molecule has 0 bridgehead atoms. The lowest BCUT2D eigenvalue weighted by Gasteiger charge is -2.08. The van der Waals surface area contributed by atoms with Crippen molar-refractivity contribution < 1.29 is 9.90 Å². The Morgan fingerprint density at radius 2 is 1.86 bits per heavy atom. The lowest BCUT2D eigenvalue weighted by atomic mass is 10.2. The molecule has 0 fully saturated rings. The van der Waals surface area contributed by atoms with E-state index >= 15 is 0 Å². The molecule has 0 atom stereocenters. The van der Waals surface area contributed by atoms with E-state index in [-0.39, 0.29) is 5.56 Å². The van der Waals surface area contributed by atoms with Crippen LogP contribution in [-0.4, -0.2) is 31.6 Å². The second-order valence-corrected chi connectivity index (χ2v) is 4.22. The van der Waals surface area contributed by atoms with E-state index < -0.39 is 5.97 Å². The summed E-state index contributed by atoms with van der Waals surface area (Å²) in [5.41, 5.74) is 1.81. The van der Waals surface area contributed by atoms with Gasteiger partial charge in [0.1, 0.15) is 12.7 Å². The van der Waals surface area contributed by atoms with Crippen molar-refractivity contribution in [3.05, 3.63) is 66.5 Å². The second-order valence-electron chi connectivity index (χ2n) is 4.22. The van der Waals surface area contributed by atoms with Crippen molar-refractivity contribution in [2.45, 2.75) is 0 Å². The molecule has 1 aromatic carbocycles. The van der Waals surface area contributed by atoms with E-state index in [0.29, 0.717) is 0 Å². The number of rotatable bonds is 4. The molecule has 21 heavy (non-hydrogen) atoms. The van der Waals surface area contributed by atoms with E-state index in [1.807, 2.05) is 22.9 Å². The molecule has 0 aliphatic heterocycles. The van der Waals surface area contributed by atoms with E-state index in [0.717, 1.165) is 11.4 Å². The van der Waals surface area contributed by atoms with Gasteiger partial charge in [-0.3, -0.25) is 0 Å². The van der Waals surface area contributed by atoms with Gasteiger partial charge in [-0.25, -0.2) is 4.68 Å². The first kappa shape index (κ1) is 12.8. The smallest absolute Gasteiger partial charge is 0.141 e. The Morgan fingerprint density at radius 1 is 1.14 bits per heavy atom. The highest BCUT2D eigenvalue weighted by atomic mass is 16.4. The van der Waals surface area contributed by atoms with Crippen LogP contribution in [0, 0.1) is 0 Å². The molecular weight excluding hydrogens is 270 g/mol. The summed E-state index contributed by atoms with van der Waals surface area (Å²) in [5, 5.41) is 22.2. The van der Waals surface area contributed by atoms with E-state index in [4.69, 9.17) is 0 Å². The topological polar surface area (TPSA) is 88.1 Å². The molecule has 0 saturated heterocycles. The molecule has 0 saturated carbocycles. The molecule has 104 valence electrons. The summed E-state index contributed by atoms with van der Waals surface area (Å²) in [5.74, 6) is -1.19. The van der Waals surface area contributed by atoms with E-state index in [9.17, 15) is 9.90 Å². The monoisotopic (exact) mass is 280 g/mol. The molecule has 0 aliphatic rings. The highest BCUT2D eigenvalue weighted by Crippen LogP contribution is 2.12. The molecule has 7 heteroatoms. The van der Waals surface area contributed by atoms with Gasteiger partial charge in [0.2, 0.25) is 0 Å². The second kappa shape index (κ2) is 5.41. The summed E-state index contributed by atoms with van der Waals surface area (Å²) in [7, 11) is 0. The Bertz CT molecular complexity index is 772. The minimum absolute atomic E-state index is 0.144. The van der Waals surface area contributed by atoms with Gasteiger partial charge in [0.25, 0.3) is 0 Å². The van der Waals surface area contributed by atoms with Crippen LogP contribution in [0.5, 0.6) is 0 Å². The van der Waals surface area contributed by atoms with Crippen molar-refractivity contribution in [1.29, 1.82) is 0 Å². The number of carboxylic acid groups (broad SMARTS) is 1. The molecule has 3 rings (SSSR count). The number of hydrogen-bond donors (Lipinski definition) is 0. The Morgan fingerprint density at radius 3 is 2.52 bits per heavy atom. The molecule has 0 amide bonds. The zero-order valence-corrected chi connectivity index (χ0v) is 10.8. The fourth-order valence-corrected chi connectivity index (χ4v) is 1.87. The van der Waals surface area contributed by atoms with Crippen molar-refractivity contribution in [3.63, 3.8) is 0 Å². The van der Waals surface area contributed by atoms with Gasteiger partial charge < -0.3 is 14.5 Å². The summed E-state index contributed by atoms with van der Waals surface area (Å²) >= 11 is 0. The maximum atomic E-state index is 10.7. The molecule has 0 N–H and O–H groups in total. The zero-order chi connectivity index (χ0) is 14.7. The van der Waals surface area contributed by atoms with Crippen LogP contribution in [0.25, 0.3) is 5.69 Å². The van der Waals surface area contributed by atoms with Gasteiger partial charge in [0, 0.05) is 11.9 Å². The van der Waals surface area contributed by atoms with Crippen molar-refractivity contribution in [2.24, 2.45) is 5.10 Å². The predicted octanol–water partition coefficient (Wildman–Crippen LogP) is 0.314. The minimum Gasteiger partial charge on any atom is -0.545 e. The standard InChI is InChI=1S/C14H11N5O2/c20-14(21)11-3-5-12(6-4-11)19-7-1-2-13(19)8-17-18-9-15-16-10-18/h1-10H,(H,20,21)/p-1/b17-8-. The lowest BCUT2D eigenvalue weighted by Crippen LogP contribution is -2.22. The number of nitrogens with zero attached hydrogens (tertiary/aromatic N) is 5. The van der Waals surface area contributed by atoms with Gasteiger partial charge in [0.05, 0.1) is 17.9 Å². The van der Waals surface area contributed by atoms with Crippen molar-refractivity contribution in [1.82, 2.24) is 19.4 Å². The first-order chi connectivity index (χ1) is 10.2. The van der Waals surface area contributed by atoms with Gasteiger partial charge >= 0.3 is 0 Å². The van der Waals surface area contributed by atoms with Gasteiger partial charge in [0.15, 0.2) is 0 Å². The van der Waals surface area contributed by atoms with Crippen LogP contribution in [0.4, 0.5) is 0 Å². The molecular formula is C14H10N5O2-. The van der Waals surface area contributed by atoms with Gasteiger partial charge in [-0.05, 0) is 29.8 Å². The number of carbonyl (C=O) groups is 1. The third-order valence-corrected chi connectivity index (χ3v) is 2.89. The molecule has 2 heterocycles. The summed E-state index contributed by atoms with van der Waals surface area (Å²) in [6, 6.07) is 10.2. The number of hydrogen-bond acceptors (Lipinski definition) is 5. The van der Waals surface area contributed by atoms with Gasteiger partial charge in [-0.15, -0.1) is 10.2 Å². The fraction of sp³-hybridized carbons (Fsp3) is 0. The number of aromatic nitrogens is 4. The Balaban J connectivity index is 1.89. The first-order valence-corrected chi connectivity index (χ1v) is 6.12. The first-order valence-electron chi connectivity index (χ1n) is 6.12. The van der Waals surface area contributed by atoms with Crippen LogP contribution in [0.3, 0.4) is 0 Å². The van der Waals surface area contributed by atoms with Crippen LogP contribution < -0.4 is 5.11 Å². The van der Waals surface area contributed by atoms with Crippen LogP contribution in [0.2, 0.25) is 0 Å². The Kier molecular flexibility index (Phi) is 3.30. The summed E-state index contributed by atoms with van der Waals surface area (Å²) < 4.78 is 3.36. The summed E-state index contributed by atoms with van der Waals surface area (Å²) in [6.45, 7) is 0. The summed E-state index contributed by atoms with van der Waals surface area (Å²) in [4.78, 5) is 10.7. The molecule has 0 unspecified atom stereocenters. The Hall–Kier alpha value is -3.22.